The molecule has 1 amide bonds. The number of rotatable bonds is 2. The van der Waals surface area contributed by atoms with Crippen LogP contribution < -0.4 is 4.90 Å². The summed E-state index contributed by atoms with van der Waals surface area (Å²) in [5, 5.41) is 0.486. The highest BCUT2D eigenvalue weighted by Crippen LogP contribution is 2.39. The zero-order valence-corrected chi connectivity index (χ0v) is 15.0. The van der Waals surface area contributed by atoms with Gasteiger partial charge in [-0.3, -0.25) is 9.59 Å². The Kier molecular flexibility index (Phi) is 4.04. The molecule has 0 radical (unpaired) electrons. The van der Waals surface area contributed by atoms with Crippen LogP contribution in [0.15, 0.2) is 28.7 Å². The van der Waals surface area contributed by atoms with Crippen LogP contribution in [0.2, 0.25) is 5.02 Å². The number of furan rings is 1. The van der Waals surface area contributed by atoms with Gasteiger partial charge in [0, 0.05) is 25.5 Å². The van der Waals surface area contributed by atoms with Crippen molar-refractivity contribution in [3.05, 3.63) is 51.9 Å². The van der Waals surface area contributed by atoms with Crippen LogP contribution in [0, 0.1) is 12.3 Å². The van der Waals surface area contributed by atoms with Crippen molar-refractivity contribution in [2.75, 3.05) is 11.9 Å². The van der Waals surface area contributed by atoms with Crippen molar-refractivity contribution >= 4 is 29.0 Å². The number of nitrogens with zero attached hydrogens (tertiary/aromatic N) is 1. The summed E-state index contributed by atoms with van der Waals surface area (Å²) in [6.45, 7) is 5.83. The molecule has 0 saturated carbocycles. The van der Waals surface area contributed by atoms with Gasteiger partial charge in [-0.2, -0.15) is 0 Å². The van der Waals surface area contributed by atoms with Crippen LogP contribution in [-0.4, -0.2) is 18.7 Å². The highest BCUT2D eigenvalue weighted by atomic mass is 35.5. The van der Waals surface area contributed by atoms with E-state index in [-0.39, 0.29) is 22.9 Å². The molecule has 3 rings (SSSR count). The molecule has 5 heteroatoms. The van der Waals surface area contributed by atoms with Crippen molar-refractivity contribution < 1.29 is 14.0 Å². The van der Waals surface area contributed by atoms with E-state index in [9.17, 15) is 9.59 Å². The van der Waals surface area contributed by atoms with Crippen LogP contribution in [0.1, 0.15) is 52.5 Å². The summed E-state index contributed by atoms with van der Waals surface area (Å²) in [5.41, 5.74) is 1.65. The third-order valence-corrected chi connectivity index (χ3v) is 4.81. The van der Waals surface area contributed by atoms with Gasteiger partial charge in [0.05, 0.1) is 16.3 Å². The molecular weight excluding hydrogens is 326 g/mol. The number of hydrogen-bond donors (Lipinski definition) is 0. The molecule has 0 aliphatic heterocycles. The monoisotopic (exact) mass is 345 g/mol. The fourth-order valence-electron chi connectivity index (χ4n) is 3.27. The molecule has 0 saturated heterocycles. The fourth-order valence-corrected chi connectivity index (χ4v) is 3.53. The van der Waals surface area contributed by atoms with Crippen LogP contribution in [0.3, 0.4) is 0 Å². The lowest BCUT2D eigenvalue weighted by molar-refractivity contribution is 0.0896. The van der Waals surface area contributed by atoms with E-state index in [2.05, 4.69) is 0 Å². The highest BCUT2D eigenvalue weighted by Gasteiger charge is 2.37. The van der Waals surface area contributed by atoms with Crippen LogP contribution in [0.4, 0.5) is 5.69 Å². The van der Waals surface area contributed by atoms with E-state index in [1.54, 1.807) is 26.1 Å². The molecule has 24 heavy (non-hydrogen) atoms. The maximum Gasteiger partial charge on any atom is 0.294 e. The number of benzene rings is 1. The Balaban J connectivity index is 2.01. The summed E-state index contributed by atoms with van der Waals surface area (Å²) >= 11 is 6.17. The first kappa shape index (κ1) is 16.8. The minimum absolute atomic E-state index is 0.0435. The van der Waals surface area contributed by atoms with E-state index < -0.39 is 0 Å². The van der Waals surface area contributed by atoms with E-state index in [0.29, 0.717) is 40.4 Å². The largest absolute Gasteiger partial charge is 0.455 e. The van der Waals surface area contributed by atoms with E-state index in [4.69, 9.17) is 16.0 Å². The van der Waals surface area contributed by atoms with Gasteiger partial charge in [-0.1, -0.05) is 37.6 Å². The molecule has 0 spiro atoms. The average Bonchev–Trinajstić information content (AvgIpc) is 2.81. The Labute approximate surface area is 146 Å². The van der Waals surface area contributed by atoms with E-state index in [1.165, 1.54) is 4.90 Å². The molecule has 0 bridgehead atoms. The molecule has 0 atom stereocenters. The lowest BCUT2D eigenvalue weighted by atomic mass is 9.76. The van der Waals surface area contributed by atoms with Gasteiger partial charge in [-0.05, 0) is 24.5 Å². The maximum absolute atomic E-state index is 12.9. The standard InChI is InChI=1S/C19H20ClNO3/c1-11-16-14(22)9-19(2,3)10-15(16)24-17(11)18(23)21(4)13-8-6-5-7-12(13)20/h5-8H,9-10H2,1-4H3. The number of amides is 1. The van der Waals surface area contributed by atoms with Gasteiger partial charge in [0.25, 0.3) is 5.91 Å². The van der Waals surface area contributed by atoms with Crippen molar-refractivity contribution in [1.82, 2.24) is 0 Å². The first-order valence-corrected chi connectivity index (χ1v) is 8.27. The maximum atomic E-state index is 12.9. The Bertz CT molecular complexity index is 835. The second kappa shape index (κ2) is 5.78. The molecule has 2 aromatic rings. The smallest absolute Gasteiger partial charge is 0.294 e. The first-order valence-electron chi connectivity index (χ1n) is 7.89. The third-order valence-electron chi connectivity index (χ3n) is 4.49. The molecular formula is C19H20ClNO3. The van der Waals surface area contributed by atoms with E-state index in [1.807, 2.05) is 26.0 Å². The summed E-state index contributed by atoms with van der Waals surface area (Å²) in [6, 6.07) is 7.12. The molecule has 4 nitrogen and oxygen atoms in total. The number of Topliss-reactive ketones (excluding diaryl/α,β-unsaturated/α-hetero) is 1. The topological polar surface area (TPSA) is 50.5 Å². The minimum atomic E-state index is -0.305. The molecule has 0 N–H and O–H groups in total. The SMILES string of the molecule is Cc1c(C(=O)N(C)c2ccccc2Cl)oc2c1C(=O)CC(C)(C)C2. The summed E-state index contributed by atoms with van der Waals surface area (Å²) in [4.78, 5) is 26.8. The number of halogens is 1. The number of anilines is 1. The summed E-state index contributed by atoms with van der Waals surface area (Å²) in [6.07, 6.45) is 1.12. The number of para-hydroxylation sites is 1. The molecule has 126 valence electrons. The van der Waals surface area contributed by atoms with E-state index >= 15 is 0 Å². The zero-order chi connectivity index (χ0) is 17.6. The Morgan fingerprint density at radius 2 is 1.92 bits per heavy atom. The van der Waals surface area contributed by atoms with Gasteiger partial charge in [-0.25, -0.2) is 0 Å². The van der Waals surface area contributed by atoms with Gasteiger partial charge in [0.2, 0.25) is 0 Å². The van der Waals surface area contributed by atoms with Crippen molar-refractivity contribution in [3.63, 3.8) is 0 Å². The van der Waals surface area contributed by atoms with Crippen LogP contribution in [-0.2, 0) is 6.42 Å². The highest BCUT2D eigenvalue weighted by molar-refractivity contribution is 6.34. The predicted octanol–water partition coefficient (Wildman–Crippen LogP) is 4.67. The van der Waals surface area contributed by atoms with Gasteiger partial charge in [0.15, 0.2) is 11.5 Å². The fraction of sp³-hybridized carbons (Fsp3) is 0.368. The van der Waals surface area contributed by atoms with Crippen molar-refractivity contribution in [3.8, 4) is 0 Å². The second-order valence-corrected chi connectivity index (χ2v) is 7.52. The molecule has 0 unspecified atom stereocenters. The van der Waals surface area contributed by atoms with Gasteiger partial charge in [-0.15, -0.1) is 0 Å². The molecule has 0 fully saturated rings. The summed E-state index contributed by atoms with van der Waals surface area (Å²) in [5.74, 6) is 0.570. The number of carbonyl (C=O) groups excluding carboxylic acids is 2. The molecule has 1 aromatic carbocycles. The molecule has 1 aliphatic rings. The predicted molar refractivity (Wildman–Crippen MR) is 94.1 cm³/mol. The van der Waals surface area contributed by atoms with Crippen LogP contribution in [0.25, 0.3) is 0 Å². The number of fused-ring (bicyclic) bond motifs is 1. The van der Waals surface area contributed by atoms with Crippen molar-refractivity contribution in [2.24, 2.45) is 5.41 Å². The average molecular weight is 346 g/mol. The molecule has 1 aromatic heterocycles. The van der Waals surface area contributed by atoms with Crippen molar-refractivity contribution in [2.45, 2.75) is 33.6 Å². The number of carbonyl (C=O) groups is 2. The summed E-state index contributed by atoms with van der Waals surface area (Å²) in [7, 11) is 1.65. The van der Waals surface area contributed by atoms with Crippen LogP contribution >= 0.6 is 11.6 Å². The quantitative estimate of drug-likeness (QED) is 0.794. The Hall–Kier alpha value is -2.07. The molecule has 1 heterocycles. The van der Waals surface area contributed by atoms with Crippen LogP contribution in [0.5, 0.6) is 0 Å². The lowest BCUT2D eigenvalue weighted by Gasteiger charge is -2.27. The van der Waals surface area contributed by atoms with Gasteiger partial charge in [0.1, 0.15) is 5.76 Å². The van der Waals surface area contributed by atoms with Crippen molar-refractivity contribution in [1.29, 1.82) is 0 Å². The minimum Gasteiger partial charge on any atom is -0.455 e. The second-order valence-electron chi connectivity index (χ2n) is 7.11. The summed E-state index contributed by atoms with van der Waals surface area (Å²) < 4.78 is 5.83. The normalized spacial score (nSPS) is 16.0. The Morgan fingerprint density at radius 3 is 2.58 bits per heavy atom. The number of hydrogen-bond acceptors (Lipinski definition) is 3. The third kappa shape index (κ3) is 2.75. The zero-order valence-electron chi connectivity index (χ0n) is 14.3. The van der Waals surface area contributed by atoms with Gasteiger partial charge < -0.3 is 9.32 Å². The first-order chi connectivity index (χ1) is 11.2. The Morgan fingerprint density at radius 1 is 1.25 bits per heavy atom. The number of ketones is 1. The lowest BCUT2D eigenvalue weighted by Crippen LogP contribution is -2.27. The molecule has 1 aliphatic carbocycles. The van der Waals surface area contributed by atoms with E-state index in [0.717, 1.165) is 0 Å². The van der Waals surface area contributed by atoms with Gasteiger partial charge >= 0.3 is 0 Å².